The minimum absolute atomic E-state index is 0.921. The smallest absolute Gasteiger partial charge is 0.129 e. The van der Waals surface area contributed by atoms with Gasteiger partial charge in [0, 0.05) is 37.2 Å². The number of hydrogen-bond donors (Lipinski definition) is 1. The van der Waals surface area contributed by atoms with Gasteiger partial charge in [-0.2, -0.15) is 0 Å². The fraction of sp³-hybridized carbons (Fsp3) is 0.462. The van der Waals surface area contributed by atoms with E-state index < -0.39 is 0 Å². The second-order valence-electron chi connectivity index (χ2n) is 4.18. The quantitative estimate of drug-likeness (QED) is 0.759. The van der Waals surface area contributed by atoms with Gasteiger partial charge in [-0.25, -0.2) is 15.0 Å². The SMILES string of the molecule is CCc1cc(NCCCCn2ccnc2)ncn1. The molecule has 2 heterocycles. The van der Waals surface area contributed by atoms with Crippen molar-refractivity contribution in [1.29, 1.82) is 0 Å². The zero-order valence-electron chi connectivity index (χ0n) is 10.7. The predicted molar refractivity (Wildman–Crippen MR) is 71.4 cm³/mol. The van der Waals surface area contributed by atoms with Gasteiger partial charge in [0.25, 0.3) is 0 Å². The molecule has 5 nitrogen and oxygen atoms in total. The highest BCUT2D eigenvalue weighted by Crippen LogP contribution is 2.05. The Morgan fingerprint density at radius 1 is 1.28 bits per heavy atom. The molecule has 2 rings (SSSR count). The Kier molecular flexibility index (Phi) is 4.69. The third-order valence-corrected chi connectivity index (χ3v) is 2.79. The van der Waals surface area contributed by atoms with Crippen molar-refractivity contribution in [1.82, 2.24) is 19.5 Å². The molecule has 2 aromatic heterocycles. The van der Waals surface area contributed by atoms with Crippen LogP contribution in [0.5, 0.6) is 0 Å². The molecule has 2 aromatic rings. The number of nitrogens with zero attached hydrogens (tertiary/aromatic N) is 4. The molecule has 0 atom stereocenters. The maximum atomic E-state index is 4.20. The van der Waals surface area contributed by atoms with Gasteiger partial charge in [0.2, 0.25) is 0 Å². The summed E-state index contributed by atoms with van der Waals surface area (Å²) in [5.74, 6) is 0.921. The molecule has 0 amide bonds. The minimum Gasteiger partial charge on any atom is -0.370 e. The summed E-state index contributed by atoms with van der Waals surface area (Å²) < 4.78 is 2.10. The molecule has 0 unspecified atom stereocenters. The summed E-state index contributed by atoms with van der Waals surface area (Å²) in [5.41, 5.74) is 1.07. The highest BCUT2D eigenvalue weighted by atomic mass is 15.0. The van der Waals surface area contributed by atoms with Crippen LogP contribution in [-0.4, -0.2) is 26.1 Å². The number of unbranched alkanes of at least 4 members (excludes halogenated alkanes) is 1. The summed E-state index contributed by atoms with van der Waals surface area (Å²) >= 11 is 0. The Morgan fingerprint density at radius 3 is 3.00 bits per heavy atom. The topological polar surface area (TPSA) is 55.6 Å². The molecule has 0 fully saturated rings. The molecule has 0 saturated heterocycles. The van der Waals surface area contributed by atoms with Crippen LogP contribution in [0.1, 0.15) is 25.5 Å². The molecule has 5 heteroatoms. The number of aromatic nitrogens is 4. The average molecular weight is 245 g/mol. The van der Waals surface area contributed by atoms with Gasteiger partial charge in [-0.15, -0.1) is 0 Å². The fourth-order valence-electron chi connectivity index (χ4n) is 1.74. The lowest BCUT2D eigenvalue weighted by atomic mass is 10.3. The Balaban J connectivity index is 1.65. The van der Waals surface area contributed by atoms with Crippen LogP contribution in [0.2, 0.25) is 0 Å². The van der Waals surface area contributed by atoms with E-state index in [4.69, 9.17) is 0 Å². The van der Waals surface area contributed by atoms with Gasteiger partial charge in [-0.3, -0.25) is 0 Å². The predicted octanol–water partition coefficient (Wildman–Crippen LogP) is 2.13. The van der Waals surface area contributed by atoms with Crippen molar-refractivity contribution in [2.75, 3.05) is 11.9 Å². The first-order chi connectivity index (χ1) is 8.88. The summed E-state index contributed by atoms with van der Waals surface area (Å²) in [5, 5.41) is 3.32. The highest BCUT2D eigenvalue weighted by Gasteiger charge is 1.96. The van der Waals surface area contributed by atoms with E-state index in [-0.39, 0.29) is 0 Å². The van der Waals surface area contributed by atoms with E-state index >= 15 is 0 Å². The van der Waals surface area contributed by atoms with E-state index in [1.165, 1.54) is 0 Å². The molecule has 96 valence electrons. The monoisotopic (exact) mass is 245 g/mol. The Bertz CT molecular complexity index is 452. The van der Waals surface area contributed by atoms with E-state index in [2.05, 4.69) is 31.8 Å². The van der Waals surface area contributed by atoms with E-state index in [1.54, 1.807) is 6.33 Å². The zero-order chi connectivity index (χ0) is 12.6. The number of nitrogens with one attached hydrogen (secondary N) is 1. The van der Waals surface area contributed by atoms with Gasteiger partial charge in [-0.1, -0.05) is 6.92 Å². The van der Waals surface area contributed by atoms with Gasteiger partial charge < -0.3 is 9.88 Å². The molecule has 18 heavy (non-hydrogen) atoms. The van der Waals surface area contributed by atoms with Gasteiger partial charge in [0.1, 0.15) is 12.1 Å². The molecule has 0 aliphatic rings. The molecular formula is C13H19N5. The summed E-state index contributed by atoms with van der Waals surface area (Å²) in [6.07, 6.45) is 10.5. The van der Waals surface area contributed by atoms with Crippen molar-refractivity contribution < 1.29 is 0 Å². The first kappa shape index (κ1) is 12.5. The highest BCUT2D eigenvalue weighted by molar-refractivity contribution is 5.34. The van der Waals surface area contributed by atoms with Crippen molar-refractivity contribution in [3.05, 3.63) is 36.8 Å². The average Bonchev–Trinajstić information content (AvgIpc) is 2.92. The van der Waals surface area contributed by atoms with E-state index in [9.17, 15) is 0 Å². The lowest BCUT2D eigenvalue weighted by Crippen LogP contribution is -2.06. The lowest BCUT2D eigenvalue weighted by molar-refractivity contribution is 0.620. The van der Waals surface area contributed by atoms with Gasteiger partial charge in [-0.05, 0) is 19.3 Å². The fourth-order valence-corrected chi connectivity index (χ4v) is 1.74. The Morgan fingerprint density at radius 2 is 2.22 bits per heavy atom. The molecular weight excluding hydrogens is 226 g/mol. The van der Waals surface area contributed by atoms with Gasteiger partial charge in [0.15, 0.2) is 0 Å². The number of imidazole rings is 1. The van der Waals surface area contributed by atoms with Crippen LogP contribution in [0, 0.1) is 0 Å². The first-order valence-electron chi connectivity index (χ1n) is 6.39. The second-order valence-corrected chi connectivity index (χ2v) is 4.18. The Hall–Kier alpha value is -1.91. The van der Waals surface area contributed by atoms with Crippen LogP contribution >= 0.6 is 0 Å². The number of rotatable bonds is 7. The van der Waals surface area contributed by atoms with Crippen molar-refractivity contribution in [2.45, 2.75) is 32.7 Å². The largest absolute Gasteiger partial charge is 0.370 e. The van der Waals surface area contributed by atoms with E-state index in [0.29, 0.717) is 0 Å². The molecule has 0 bridgehead atoms. The van der Waals surface area contributed by atoms with Crippen LogP contribution in [0.25, 0.3) is 0 Å². The van der Waals surface area contributed by atoms with Gasteiger partial charge >= 0.3 is 0 Å². The van der Waals surface area contributed by atoms with E-state index in [1.807, 2.05) is 24.8 Å². The van der Waals surface area contributed by atoms with Crippen LogP contribution < -0.4 is 5.32 Å². The summed E-state index contributed by atoms with van der Waals surface area (Å²) in [6, 6.07) is 2.01. The molecule has 0 radical (unpaired) electrons. The van der Waals surface area contributed by atoms with Crippen molar-refractivity contribution in [3.63, 3.8) is 0 Å². The third-order valence-electron chi connectivity index (χ3n) is 2.79. The minimum atomic E-state index is 0.921. The number of anilines is 1. The lowest BCUT2D eigenvalue weighted by Gasteiger charge is -2.06. The second kappa shape index (κ2) is 6.74. The molecule has 0 saturated carbocycles. The zero-order valence-corrected chi connectivity index (χ0v) is 10.7. The van der Waals surface area contributed by atoms with Crippen molar-refractivity contribution in [2.24, 2.45) is 0 Å². The first-order valence-corrected chi connectivity index (χ1v) is 6.39. The third kappa shape index (κ3) is 3.84. The van der Waals surface area contributed by atoms with Crippen LogP contribution in [0.15, 0.2) is 31.1 Å². The molecule has 0 aliphatic heterocycles. The normalized spacial score (nSPS) is 10.5. The standard InChI is InChI=1S/C13H19N5/c1-2-12-9-13(17-10-16-12)15-5-3-4-7-18-8-6-14-11-18/h6,8-11H,2-5,7H2,1H3,(H,15,16,17). The maximum absolute atomic E-state index is 4.20. The number of hydrogen-bond acceptors (Lipinski definition) is 4. The number of aryl methyl sites for hydroxylation is 2. The van der Waals surface area contributed by atoms with Crippen molar-refractivity contribution in [3.8, 4) is 0 Å². The van der Waals surface area contributed by atoms with Gasteiger partial charge in [0.05, 0.1) is 6.33 Å². The van der Waals surface area contributed by atoms with Crippen LogP contribution in [0.4, 0.5) is 5.82 Å². The summed E-state index contributed by atoms with van der Waals surface area (Å²) in [7, 11) is 0. The summed E-state index contributed by atoms with van der Waals surface area (Å²) in [6.45, 7) is 4.05. The molecule has 0 aliphatic carbocycles. The summed E-state index contributed by atoms with van der Waals surface area (Å²) in [4.78, 5) is 12.4. The Labute approximate surface area is 107 Å². The van der Waals surface area contributed by atoms with E-state index in [0.717, 1.165) is 43.9 Å². The van der Waals surface area contributed by atoms with Crippen molar-refractivity contribution >= 4 is 5.82 Å². The molecule has 0 spiro atoms. The van der Waals surface area contributed by atoms with Crippen LogP contribution in [-0.2, 0) is 13.0 Å². The molecule has 1 N–H and O–H groups in total. The molecule has 0 aromatic carbocycles. The van der Waals surface area contributed by atoms with Crippen LogP contribution in [0.3, 0.4) is 0 Å². The maximum Gasteiger partial charge on any atom is 0.129 e.